The molecule has 164 valence electrons. The third-order valence-electron chi connectivity index (χ3n) is 5.69. The largest absolute Gasteiger partial charge is 0.490 e. The number of carbonyl (C=O) groups excluding carboxylic acids is 1. The van der Waals surface area contributed by atoms with Gasteiger partial charge in [-0.25, -0.2) is 4.98 Å². The van der Waals surface area contributed by atoms with Gasteiger partial charge in [-0.2, -0.15) is 0 Å². The molecule has 3 aromatic rings. The van der Waals surface area contributed by atoms with Gasteiger partial charge in [0, 0.05) is 38.8 Å². The number of fused-ring (bicyclic) bond motifs is 1. The number of aromatic nitrogens is 2. The molecule has 31 heavy (non-hydrogen) atoms. The van der Waals surface area contributed by atoms with E-state index in [-0.39, 0.29) is 5.91 Å². The highest BCUT2D eigenvalue weighted by Crippen LogP contribution is 2.29. The average Bonchev–Trinajstić information content (AvgIpc) is 3.11. The summed E-state index contributed by atoms with van der Waals surface area (Å²) in [4.78, 5) is 22.1. The van der Waals surface area contributed by atoms with E-state index in [4.69, 9.17) is 14.5 Å². The lowest BCUT2D eigenvalue weighted by Gasteiger charge is -2.34. The van der Waals surface area contributed by atoms with E-state index in [2.05, 4.69) is 22.6 Å². The summed E-state index contributed by atoms with van der Waals surface area (Å²) >= 11 is 0. The third-order valence-corrected chi connectivity index (χ3v) is 5.69. The SMILES string of the molecule is CCOc1ccc(C(=O)N2CCN(Cc3nc4ccccc4n3C)CC2)cc1OCC. The van der Waals surface area contributed by atoms with Gasteiger partial charge in [0.05, 0.1) is 30.8 Å². The minimum Gasteiger partial charge on any atom is -0.490 e. The summed E-state index contributed by atoms with van der Waals surface area (Å²) in [5.74, 6) is 2.38. The number of carbonyl (C=O) groups is 1. The van der Waals surface area contributed by atoms with Gasteiger partial charge < -0.3 is 18.9 Å². The topological polar surface area (TPSA) is 59.8 Å². The Bertz CT molecular complexity index is 1050. The van der Waals surface area contributed by atoms with Gasteiger partial charge in [-0.15, -0.1) is 0 Å². The first-order valence-electron chi connectivity index (χ1n) is 10.9. The van der Waals surface area contributed by atoms with Gasteiger partial charge in [0.1, 0.15) is 5.82 Å². The Morgan fingerprint density at radius 1 is 0.968 bits per heavy atom. The maximum Gasteiger partial charge on any atom is 0.254 e. The molecule has 2 heterocycles. The molecule has 1 aliphatic rings. The zero-order chi connectivity index (χ0) is 21.8. The second kappa shape index (κ2) is 9.39. The molecular weight excluding hydrogens is 392 g/mol. The van der Waals surface area contributed by atoms with Crippen molar-refractivity contribution in [3.05, 3.63) is 53.9 Å². The van der Waals surface area contributed by atoms with Crippen molar-refractivity contribution < 1.29 is 14.3 Å². The molecular formula is C24H30N4O3. The molecule has 1 aliphatic heterocycles. The predicted molar refractivity (Wildman–Crippen MR) is 121 cm³/mol. The van der Waals surface area contributed by atoms with Crippen LogP contribution in [0.1, 0.15) is 30.0 Å². The Balaban J connectivity index is 1.39. The minimum absolute atomic E-state index is 0.0337. The van der Waals surface area contributed by atoms with Crippen molar-refractivity contribution in [3.8, 4) is 11.5 Å². The molecule has 0 saturated carbocycles. The van der Waals surface area contributed by atoms with E-state index in [9.17, 15) is 4.79 Å². The second-order valence-electron chi connectivity index (χ2n) is 7.67. The van der Waals surface area contributed by atoms with Crippen molar-refractivity contribution in [1.29, 1.82) is 0 Å². The number of hydrogen-bond donors (Lipinski definition) is 0. The third kappa shape index (κ3) is 4.51. The zero-order valence-corrected chi connectivity index (χ0v) is 18.5. The maximum absolute atomic E-state index is 13.1. The molecule has 0 bridgehead atoms. The molecule has 7 heteroatoms. The van der Waals surface area contributed by atoms with E-state index < -0.39 is 0 Å². The molecule has 0 aliphatic carbocycles. The summed E-state index contributed by atoms with van der Waals surface area (Å²) in [6, 6.07) is 13.6. The van der Waals surface area contributed by atoms with Gasteiger partial charge in [0.25, 0.3) is 5.91 Å². The number of rotatable bonds is 7. The number of benzene rings is 2. The summed E-state index contributed by atoms with van der Waals surface area (Å²) in [6.45, 7) is 8.76. The molecule has 1 saturated heterocycles. The summed E-state index contributed by atoms with van der Waals surface area (Å²) in [6.07, 6.45) is 0. The van der Waals surface area contributed by atoms with Gasteiger partial charge in [-0.1, -0.05) is 12.1 Å². The summed E-state index contributed by atoms with van der Waals surface area (Å²) in [5.41, 5.74) is 2.80. The Morgan fingerprint density at radius 3 is 2.39 bits per heavy atom. The van der Waals surface area contributed by atoms with E-state index in [0.717, 1.165) is 36.5 Å². The highest BCUT2D eigenvalue weighted by Gasteiger charge is 2.24. The lowest BCUT2D eigenvalue weighted by Crippen LogP contribution is -2.48. The van der Waals surface area contributed by atoms with Gasteiger partial charge >= 0.3 is 0 Å². The average molecular weight is 423 g/mol. The maximum atomic E-state index is 13.1. The number of para-hydroxylation sites is 2. The number of imidazole rings is 1. The summed E-state index contributed by atoms with van der Waals surface area (Å²) in [7, 11) is 2.06. The Hall–Kier alpha value is -3.06. The highest BCUT2D eigenvalue weighted by atomic mass is 16.5. The summed E-state index contributed by atoms with van der Waals surface area (Å²) in [5, 5.41) is 0. The molecule has 1 amide bonds. The predicted octanol–water partition coefficient (Wildman–Crippen LogP) is 3.33. The number of piperazine rings is 1. The molecule has 0 atom stereocenters. The monoisotopic (exact) mass is 422 g/mol. The molecule has 4 rings (SSSR count). The summed E-state index contributed by atoms with van der Waals surface area (Å²) < 4.78 is 13.4. The van der Waals surface area contributed by atoms with Crippen molar-refractivity contribution in [2.75, 3.05) is 39.4 Å². The fraction of sp³-hybridized carbons (Fsp3) is 0.417. The minimum atomic E-state index is 0.0337. The van der Waals surface area contributed by atoms with Crippen LogP contribution in [-0.4, -0.2) is 64.7 Å². The Morgan fingerprint density at radius 2 is 1.68 bits per heavy atom. The van der Waals surface area contributed by atoms with Crippen molar-refractivity contribution in [2.45, 2.75) is 20.4 Å². The highest BCUT2D eigenvalue weighted by molar-refractivity contribution is 5.95. The first-order chi connectivity index (χ1) is 15.1. The van der Waals surface area contributed by atoms with Crippen LogP contribution in [0, 0.1) is 0 Å². The van der Waals surface area contributed by atoms with Gasteiger partial charge in [0.15, 0.2) is 11.5 Å². The van der Waals surface area contributed by atoms with E-state index in [1.807, 2.05) is 49.1 Å². The zero-order valence-electron chi connectivity index (χ0n) is 18.5. The van der Waals surface area contributed by atoms with Crippen LogP contribution in [0.3, 0.4) is 0 Å². The fourth-order valence-electron chi connectivity index (χ4n) is 4.01. The first-order valence-corrected chi connectivity index (χ1v) is 10.9. The Labute approximate surface area is 183 Å². The van der Waals surface area contributed by atoms with E-state index in [1.54, 1.807) is 6.07 Å². The van der Waals surface area contributed by atoms with Crippen LogP contribution in [0.25, 0.3) is 11.0 Å². The van der Waals surface area contributed by atoms with E-state index >= 15 is 0 Å². The van der Waals surface area contributed by atoms with Crippen molar-refractivity contribution in [3.63, 3.8) is 0 Å². The van der Waals surface area contributed by atoms with Gasteiger partial charge in [-0.05, 0) is 44.2 Å². The van der Waals surface area contributed by atoms with Crippen LogP contribution in [-0.2, 0) is 13.6 Å². The quantitative estimate of drug-likeness (QED) is 0.585. The van der Waals surface area contributed by atoms with Crippen LogP contribution in [0.2, 0.25) is 0 Å². The number of nitrogens with zero attached hydrogens (tertiary/aromatic N) is 4. The molecule has 0 spiro atoms. The standard InChI is InChI=1S/C24H30N4O3/c1-4-30-21-11-10-18(16-22(21)31-5-2)24(29)28-14-12-27(13-15-28)17-23-25-19-8-6-7-9-20(19)26(23)3/h6-11,16H,4-5,12-15,17H2,1-3H3. The van der Waals surface area contributed by atoms with Crippen molar-refractivity contribution in [1.82, 2.24) is 19.4 Å². The van der Waals surface area contributed by atoms with Crippen LogP contribution >= 0.6 is 0 Å². The van der Waals surface area contributed by atoms with Crippen LogP contribution in [0.5, 0.6) is 11.5 Å². The van der Waals surface area contributed by atoms with Crippen LogP contribution in [0.4, 0.5) is 0 Å². The number of amides is 1. The van der Waals surface area contributed by atoms with E-state index in [1.165, 1.54) is 0 Å². The van der Waals surface area contributed by atoms with Crippen LogP contribution < -0.4 is 9.47 Å². The number of ether oxygens (including phenoxy) is 2. The molecule has 0 radical (unpaired) electrons. The molecule has 2 aromatic carbocycles. The number of hydrogen-bond acceptors (Lipinski definition) is 5. The Kier molecular flexibility index (Phi) is 6.42. The smallest absolute Gasteiger partial charge is 0.254 e. The molecule has 1 fully saturated rings. The lowest BCUT2D eigenvalue weighted by molar-refractivity contribution is 0.0624. The van der Waals surface area contributed by atoms with E-state index in [0.29, 0.717) is 43.4 Å². The normalized spacial score (nSPS) is 14.7. The molecule has 7 nitrogen and oxygen atoms in total. The first kappa shape index (κ1) is 21.2. The molecule has 1 aromatic heterocycles. The fourth-order valence-corrected chi connectivity index (χ4v) is 4.01. The molecule has 0 N–H and O–H groups in total. The van der Waals surface area contributed by atoms with Crippen molar-refractivity contribution in [2.24, 2.45) is 7.05 Å². The molecule has 0 unspecified atom stereocenters. The number of aryl methyl sites for hydroxylation is 1. The second-order valence-corrected chi connectivity index (χ2v) is 7.67. The van der Waals surface area contributed by atoms with Gasteiger partial charge in [-0.3, -0.25) is 9.69 Å². The van der Waals surface area contributed by atoms with Crippen molar-refractivity contribution >= 4 is 16.9 Å². The van der Waals surface area contributed by atoms with Crippen LogP contribution in [0.15, 0.2) is 42.5 Å². The van der Waals surface area contributed by atoms with Gasteiger partial charge in [0.2, 0.25) is 0 Å². The lowest BCUT2D eigenvalue weighted by atomic mass is 10.1.